The number of hydrogen-bond donors (Lipinski definition) is 3. The van der Waals surface area contributed by atoms with E-state index in [0.29, 0.717) is 17.5 Å². The number of aromatic nitrogens is 1. The van der Waals surface area contributed by atoms with Crippen LogP contribution >= 0.6 is 24.4 Å². The van der Waals surface area contributed by atoms with E-state index in [-0.39, 0.29) is 23.0 Å². The van der Waals surface area contributed by atoms with E-state index in [4.69, 9.17) is 10.5 Å². The summed E-state index contributed by atoms with van der Waals surface area (Å²) >= 11 is 5.97. The average Bonchev–Trinajstić information content (AvgIpc) is 4.01. The number of nitrogens with two attached hydrogens (primary N) is 2. The summed E-state index contributed by atoms with van der Waals surface area (Å²) in [6.07, 6.45) is 26.5. The van der Waals surface area contributed by atoms with Crippen LogP contribution in [0, 0.1) is 29.6 Å². The number of Topliss-reactive ketones (excluding diaryl/α,β-unsaturated/α-hetero) is 3. The number of primary amides is 1. The lowest BCUT2D eigenvalue weighted by atomic mass is 9.99. The third-order valence-electron chi connectivity index (χ3n) is 9.79. The average molecular weight is 973 g/mol. The van der Waals surface area contributed by atoms with Crippen molar-refractivity contribution >= 4 is 64.1 Å². The van der Waals surface area contributed by atoms with Crippen molar-refractivity contribution < 1.29 is 23.9 Å². The van der Waals surface area contributed by atoms with Crippen molar-refractivity contribution in [2.45, 2.75) is 212 Å². The molecule has 0 aliphatic heterocycles. The highest BCUT2D eigenvalue weighted by molar-refractivity contribution is 8.05. The number of thioether (sulfide) groups is 1. The van der Waals surface area contributed by atoms with Crippen LogP contribution in [0.25, 0.3) is 16.5 Å². The predicted octanol–water partition coefficient (Wildman–Crippen LogP) is 16.4. The summed E-state index contributed by atoms with van der Waals surface area (Å²) in [6.45, 7) is 35.1. The molecule has 1 aliphatic carbocycles. The van der Waals surface area contributed by atoms with Gasteiger partial charge in [-0.2, -0.15) is 0 Å². The van der Waals surface area contributed by atoms with E-state index in [1.165, 1.54) is 65.3 Å². The number of fused-ring (bicyclic) bond motifs is 1. The number of nitrogens with zero attached hydrogens (tertiary/aromatic N) is 1. The number of rotatable bonds is 21. The Kier molecular flexibility index (Phi) is 57.8. The maximum Gasteiger partial charge on any atom is 0.223 e. The van der Waals surface area contributed by atoms with Crippen molar-refractivity contribution in [1.29, 1.82) is 0 Å². The minimum Gasteiger partial charge on any atom is -0.496 e. The van der Waals surface area contributed by atoms with E-state index in [2.05, 4.69) is 74.7 Å². The number of allylic oxidation sites excluding steroid dienone is 4. The lowest BCUT2D eigenvalue weighted by Gasteiger charge is -2.09. The van der Waals surface area contributed by atoms with E-state index >= 15 is 0 Å². The van der Waals surface area contributed by atoms with Gasteiger partial charge in [-0.3, -0.25) is 14.4 Å². The fourth-order valence-electron chi connectivity index (χ4n) is 5.42. The second kappa shape index (κ2) is 51.7. The van der Waals surface area contributed by atoms with Crippen LogP contribution in [-0.4, -0.2) is 42.4 Å². The van der Waals surface area contributed by atoms with Gasteiger partial charge in [0.05, 0.1) is 23.7 Å². The van der Waals surface area contributed by atoms with E-state index in [9.17, 15) is 19.2 Å². The van der Waals surface area contributed by atoms with Gasteiger partial charge in [-0.05, 0) is 113 Å². The Hall–Kier alpha value is -3.65. The molecule has 0 radical (unpaired) electrons. The van der Waals surface area contributed by atoms with Gasteiger partial charge >= 0.3 is 0 Å². The van der Waals surface area contributed by atoms with Crippen molar-refractivity contribution in [1.82, 2.24) is 4.98 Å². The number of methoxy groups -OCH3 is 1. The molecule has 3 atom stereocenters. The molecule has 0 spiro atoms. The standard InChI is InChI=1S/C16H27NO2.C16H17NOS2.C7H14O.C7H16.C4H4O.3C2H6.CH5N/c1-12(13(2)18)9-7-5-4-6-8-10-14-11-16(14,3)15(17)19;1-10(2)20-9-11(3)14-8-16(18-4)13-6-5-12(19)7-15(13)17-14;1-3-4-5-6-7(2)8;1-3-5-7-6-4-2;1-3-4(2)5;4*1-2/h8,10,12,14H,4-7,9,11H2,1-3H3,(H2,17,19);5-9,19H,1H2,2-4H3;3-6H2,1-2H3;3-7H2,1-2H3;1H,2H3;3*1-2H3;2H2,1H3/b10-8-;11-9+;;;;;;;/t12-,14?,16-;;;;;;;;/m0......../s1. The van der Waals surface area contributed by atoms with Crippen LogP contribution in [0.15, 0.2) is 58.2 Å². The van der Waals surface area contributed by atoms with Crippen molar-refractivity contribution in [3.63, 3.8) is 0 Å². The Labute approximate surface area is 423 Å². The van der Waals surface area contributed by atoms with Gasteiger partial charge in [0.25, 0.3) is 0 Å². The number of terminal acetylenes is 1. The quantitative estimate of drug-likeness (QED) is 0.0369. The largest absolute Gasteiger partial charge is 0.496 e. The van der Waals surface area contributed by atoms with Gasteiger partial charge in [-0.15, -0.1) is 30.8 Å². The molecular formula is C57H101N3O5S2. The molecule has 1 fully saturated rings. The summed E-state index contributed by atoms with van der Waals surface area (Å²) in [7, 11) is 3.18. The molecule has 10 heteroatoms. The van der Waals surface area contributed by atoms with Gasteiger partial charge in [-0.25, -0.2) is 4.98 Å². The number of ketones is 3. The van der Waals surface area contributed by atoms with Crippen LogP contribution in [0.1, 0.15) is 213 Å². The Balaban J connectivity index is -0.000000181. The van der Waals surface area contributed by atoms with Crippen LogP contribution < -0.4 is 16.2 Å². The number of carbonyl (C=O) groups is 4. The summed E-state index contributed by atoms with van der Waals surface area (Å²) in [5, 5.41) is 3.05. The Morgan fingerprint density at radius 2 is 1.40 bits per heavy atom. The van der Waals surface area contributed by atoms with E-state index in [0.717, 1.165) is 82.7 Å². The molecule has 386 valence electrons. The minimum atomic E-state index is -0.284. The van der Waals surface area contributed by atoms with Crippen molar-refractivity contribution in [2.75, 3.05) is 14.2 Å². The smallest absolute Gasteiger partial charge is 0.223 e. The second-order valence-electron chi connectivity index (χ2n) is 15.6. The number of benzene rings is 1. The fraction of sp³-hybridized carbons (Fsp3) is 0.632. The summed E-state index contributed by atoms with van der Waals surface area (Å²) in [5.41, 5.74) is 12.4. The number of thiol groups is 1. The van der Waals surface area contributed by atoms with Crippen LogP contribution in [0.2, 0.25) is 0 Å². The maximum absolute atomic E-state index is 11.1. The normalized spacial score (nSPS) is 14.1. The molecule has 0 bridgehead atoms. The number of hydrogen-bond acceptors (Lipinski definition) is 9. The van der Waals surface area contributed by atoms with Crippen LogP contribution in [0.5, 0.6) is 5.75 Å². The number of carbonyl (C=O) groups excluding carboxylic acids is 4. The van der Waals surface area contributed by atoms with Gasteiger partial charge in [-0.1, -0.05) is 153 Å². The van der Waals surface area contributed by atoms with Crippen LogP contribution in [-0.2, 0) is 19.2 Å². The first-order valence-corrected chi connectivity index (χ1v) is 26.4. The van der Waals surface area contributed by atoms with Gasteiger partial charge in [0, 0.05) is 35.6 Å². The molecule has 1 aromatic heterocycles. The Morgan fingerprint density at radius 1 is 0.896 bits per heavy atom. The monoisotopic (exact) mass is 972 g/mol. The molecule has 3 rings (SSSR count). The first kappa shape index (κ1) is 74.9. The number of amides is 1. The van der Waals surface area contributed by atoms with Gasteiger partial charge in [0.15, 0.2) is 0 Å². The zero-order valence-corrected chi connectivity index (χ0v) is 47.8. The second-order valence-corrected chi connectivity index (χ2v) is 17.3. The van der Waals surface area contributed by atoms with Gasteiger partial charge in [0.1, 0.15) is 17.3 Å². The van der Waals surface area contributed by atoms with E-state index < -0.39 is 0 Å². The molecule has 1 amide bonds. The molecule has 2 aromatic rings. The minimum absolute atomic E-state index is 0.180. The summed E-state index contributed by atoms with van der Waals surface area (Å²) in [4.78, 5) is 48.7. The number of ether oxygens (including phenoxy) is 1. The molecule has 1 heterocycles. The first-order chi connectivity index (χ1) is 31.8. The lowest BCUT2D eigenvalue weighted by molar-refractivity contribution is -0.123. The number of pyridine rings is 1. The highest BCUT2D eigenvalue weighted by atomic mass is 32.2. The summed E-state index contributed by atoms with van der Waals surface area (Å²) in [6, 6.07) is 7.83. The summed E-state index contributed by atoms with van der Waals surface area (Å²) in [5.74, 6) is 3.48. The molecule has 4 N–H and O–H groups in total. The number of unbranched alkanes of at least 4 members (excludes halogenated alkanes) is 9. The molecule has 1 aliphatic rings. The predicted molar refractivity (Wildman–Crippen MR) is 302 cm³/mol. The molecule has 8 nitrogen and oxygen atoms in total. The summed E-state index contributed by atoms with van der Waals surface area (Å²) < 4.78 is 5.47. The van der Waals surface area contributed by atoms with Gasteiger partial charge < -0.3 is 21.0 Å². The highest BCUT2D eigenvalue weighted by Crippen LogP contribution is 2.52. The Bertz CT molecular complexity index is 1680. The maximum atomic E-state index is 11.1. The Morgan fingerprint density at radius 3 is 1.82 bits per heavy atom. The topological polar surface area (TPSA) is 142 Å². The van der Waals surface area contributed by atoms with E-state index in [1.807, 2.05) is 99.4 Å². The fourth-order valence-corrected chi connectivity index (χ4v) is 6.12. The zero-order valence-electron chi connectivity index (χ0n) is 46.1. The van der Waals surface area contributed by atoms with Gasteiger partial charge in [0.2, 0.25) is 11.7 Å². The third kappa shape index (κ3) is 43.4. The molecule has 1 aromatic carbocycles. The molecule has 1 saturated carbocycles. The molecule has 0 saturated heterocycles. The first-order valence-electron chi connectivity index (χ1n) is 25.0. The highest BCUT2D eigenvalue weighted by Gasteiger charge is 2.53. The zero-order chi connectivity index (χ0) is 53.4. The van der Waals surface area contributed by atoms with Crippen molar-refractivity contribution in [2.24, 2.45) is 28.7 Å². The molecule has 67 heavy (non-hydrogen) atoms. The van der Waals surface area contributed by atoms with E-state index in [1.54, 1.807) is 32.7 Å². The SMILES string of the molecule is C#CC(C)=O.C=C(C)S/C=C(\C)c1cc(OC)c2ccc(S)cc2n1.CC.CC.CC.CC(=O)[C@@H](C)CCCCC/C=C\C1C[C@]1(C)C(N)=O.CCCCCC(C)=O.CCCCCCC.CN. The van der Waals surface area contributed by atoms with Crippen molar-refractivity contribution in [3.05, 3.63) is 59.0 Å². The van der Waals surface area contributed by atoms with Crippen LogP contribution in [0.3, 0.4) is 0 Å². The third-order valence-corrected chi connectivity index (χ3v) is 10.9. The van der Waals surface area contributed by atoms with Crippen LogP contribution in [0.4, 0.5) is 0 Å². The molecular weight excluding hydrogens is 871 g/mol. The lowest BCUT2D eigenvalue weighted by Crippen LogP contribution is -2.23. The van der Waals surface area contributed by atoms with Crippen molar-refractivity contribution in [3.8, 4) is 18.1 Å². The molecule has 1 unspecified atom stereocenters.